The highest BCUT2D eigenvalue weighted by molar-refractivity contribution is 5.83. The topological polar surface area (TPSA) is 57.8 Å². The second-order valence-corrected chi connectivity index (χ2v) is 6.68. The lowest BCUT2D eigenvalue weighted by Crippen LogP contribution is -2.26. The number of aromatic nitrogens is 2. The Morgan fingerprint density at radius 2 is 1.62 bits per heavy atom. The summed E-state index contributed by atoms with van der Waals surface area (Å²) in [6.45, 7) is 4.14. The third-order valence-corrected chi connectivity index (χ3v) is 4.81. The van der Waals surface area contributed by atoms with Gasteiger partial charge < -0.3 is 10.3 Å². The maximum atomic E-state index is 12.3. The van der Waals surface area contributed by atoms with Crippen LogP contribution in [0.2, 0.25) is 0 Å². The van der Waals surface area contributed by atoms with E-state index in [-0.39, 0.29) is 17.6 Å². The van der Waals surface area contributed by atoms with Gasteiger partial charge in [-0.1, -0.05) is 48.5 Å². The van der Waals surface area contributed by atoms with Crippen LogP contribution in [0.5, 0.6) is 0 Å². The highest BCUT2D eigenvalue weighted by atomic mass is 16.1. The Bertz CT molecular complexity index is 1130. The van der Waals surface area contributed by atoms with Gasteiger partial charge in [-0.05, 0) is 48.4 Å². The predicted molar refractivity (Wildman–Crippen MR) is 106 cm³/mol. The molecule has 0 spiro atoms. The lowest BCUT2D eigenvalue weighted by atomic mass is 10.0. The molecule has 0 aliphatic carbocycles. The zero-order valence-electron chi connectivity index (χ0n) is 14.9. The van der Waals surface area contributed by atoms with E-state index in [2.05, 4.69) is 58.6 Å². The zero-order chi connectivity index (χ0) is 18.1. The molecule has 0 aliphatic rings. The highest BCUT2D eigenvalue weighted by Gasteiger charge is 2.14. The molecule has 0 unspecified atom stereocenters. The normalized spacial score (nSPS) is 13.8. The Hall–Kier alpha value is -2.98. The Labute approximate surface area is 151 Å². The largest absolute Gasteiger partial charge is 0.309 e. The van der Waals surface area contributed by atoms with Gasteiger partial charge in [-0.2, -0.15) is 0 Å². The number of para-hydroxylation sites is 1. The first-order valence-corrected chi connectivity index (χ1v) is 8.85. The van der Waals surface area contributed by atoms with E-state index < -0.39 is 0 Å². The standard InChI is InChI=1S/C22H21N3O/c1-14(17-12-11-16-7-3-4-8-18(16)13-17)23-15(2)21-24-20-10-6-5-9-19(20)22(26)25-21/h3-15,23H,1-2H3,(H,24,25,26)/t14-,15-/m0/s1. The number of aromatic amines is 1. The van der Waals surface area contributed by atoms with Crippen LogP contribution in [-0.4, -0.2) is 9.97 Å². The van der Waals surface area contributed by atoms with Gasteiger partial charge in [-0.3, -0.25) is 4.79 Å². The van der Waals surface area contributed by atoms with Crippen molar-refractivity contribution >= 4 is 21.7 Å². The highest BCUT2D eigenvalue weighted by Crippen LogP contribution is 2.22. The zero-order valence-corrected chi connectivity index (χ0v) is 14.9. The SMILES string of the molecule is C[C@H](N[C@@H](C)c1nc2ccccc2c(=O)[nH]1)c1ccc2ccccc2c1. The second-order valence-electron chi connectivity index (χ2n) is 6.68. The van der Waals surface area contributed by atoms with Crippen molar-refractivity contribution in [3.8, 4) is 0 Å². The lowest BCUT2D eigenvalue weighted by molar-refractivity contribution is 0.477. The van der Waals surface area contributed by atoms with Gasteiger partial charge in [0.25, 0.3) is 5.56 Å². The van der Waals surface area contributed by atoms with E-state index in [1.807, 2.05) is 31.2 Å². The fourth-order valence-electron chi connectivity index (χ4n) is 3.34. The van der Waals surface area contributed by atoms with Crippen molar-refractivity contribution in [2.45, 2.75) is 25.9 Å². The molecule has 0 aliphatic heterocycles. The van der Waals surface area contributed by atoms with E-state index in [0.717, 1.165) is 5.52 Å². The Balaban J connectivity index is 1.60. The summed E-state index contributed by atoms with van der Waals surface area (Å²) >= 11 is 0. The van der Waals surface area contributed by atoms with Crippen molar-refractivity contribution in [1.82, 2.24) is 15.3 Å². The molecule has 0 saturated heterocycles. The van der Waals surface area contributed by atoms with Gasteiger partial charge in [0, 0.05) is 6.04 Å². The minimum atomic E-state index is -0.0994. The molecule has 1 heterocycles. The minimum absolute atomic E-state index is 0.0752. The van der Waals surface area contributed by atoms with Gasteiger partial charge >= 0.3 is 0 Å². The van der Waals surface area contributed by atoms with E-state index in [0.29, 0.717) is 11.2 Å². The molecule has 130 valence electrons. The Morgan fingerprint density at radius 3 is 2.46 bits per heavy atom. The quantitative estimate of drug-likeness (QED) is 0.574. The van der Waals surface area contributed by atoms with Crippen LogP contribution >= 0.6 is 0 Å². The van der Waals surface area contributed by atoms with Gasteiger partial charge in [0.2, 0.25) is 0 Å². The van der Waals surface area contributed by atoms with Gasteiger partial charge in [-0.25, -0.2) is 4.98 Å². The molecule has 2 N–H and O–H groups in total. The van der Waals surface area contributed by atoms with Gasteiger partial charge in [0.05, 0.1) is 16.9 Å². The molecule has 26 heavy (non-hydrogen) atoms. The van der Waals surface area contributed by atoms with E-state index in [1.165, 1.54) is 16.3 Å². The van der Waals surface area contributed by atoms with Crippen molar-refractivity contribution < 1.29 is 0 Å². The molecule has 4 heteroatoms. The Morgan fingerprint density at radius 1 is 0.885 bits per heavy atom. The molecule has 0 fully saturated rings. The molecule has 3 aromatic carbocycles. The number of hydrogen-bond acceptors (Lipinski definition) is 3. The van der Waals surface area contributed by atoms with Crippen LogP contribution in [0, 0.1) is 0 Å². The summed E-state index contributed by atoms with van der Waals surface area (Å²) in [6, 6.07) is 22.3. The average Bonchev–Trinajstić information content (AvgIpc) is 2.67. The van der Waals surface area contributed by atoms with E-state index >= 15 is 0 Å². The first kappa shape index (κ1) is 16.5. The molecule has 1 aromatic heterocycles. The summed E-state index contributed by atoms with van der Waals surface area (Å²) in [5.74, 6) is 0.654. The van der Waals surface area contributed by atoms with E-state index in [9.17, 15) is 4.79 Å². The minimum Gasteiger partial charge on any atom is -0.309 e. The fourth-order valence-corrected chi connectivity index (χ4v) is 3.34. The number of fused-ring (bicyclic) bond motifs is 2. The molecule has 4 rings (SSSR count). The van der Waals surface area contributed by atoms with E-state index in [1.54, 1.807) is 6.07 Å². The molecule has 0 radical (unpaired) electrons. The molecule has 4 aromatic rings. The van der Waals surface area contributed by atoms with Gasteiger partial charge in [0.15, 0.2) is 0 Å². The number of H-pyrrole nitrogens is 1. The van der Waals surface area contributed by atoms with Gasteiger partial charge in [-0.15, -0.1) is 0 Å². The lowest BCUT2D eigenvalue weighted by Gasteiger charge is -2.20. The van der Waals surface area contributed by atoms with Crippen molar-refractivity contribution in [2.24, 2.45) is 0 Å². The smallest absolute Gasteiger partial charge is 0.258 e. The van der Waals surface area contributed by atoms with Crippen molar-refractivity contribution in [1.29, 1.82) is 0 Å². The molecule has 4 nitrogen and oxygen atoms in total. The monoisotopic (exact) mass is 343 g/mol. The molecular formula is C22H21N3O. The molecule has 0 amide bonds. The predicted octanol–water partition coefficient (Wildman–Crippen LogP) is 4.49. The number of hydrogen-bond donors (Lipinski definition) is 2. The number of nitrogens with zero attached hydrogens (tertiary/aromatic N) is 1. The van der Waals surface area contributed by atoms with Crippen LogP contribution in [-0.2, 0) is 0 Å². The van der Waals surface area contributed by atoms with Crippen LogP contribution in [0.15, 0.2) is 71.5 Å². The summed E-state index contributed by atoms with van der Waals surface area (Å²) in [4.78, 5) is 19.8. The maximum absolute atomic E-state index is 12.3. The second kappa shape index (κ2) is 6.73. The Kier molecular flexibility index (Phi) is 4.27. The molecule has 0 bridgehead atoms. The van der Waals surface area contributed by atoms with Crippen LogP contribution in [0.3, 0.4) is 0 Å². The number of nitrogens with one attached hydrogen (secondary N) is 2. The summed E-state index contributed by atoms with van der Waals surface area (Å²) in [7, 11) is 0. The molecule has 0 saturated carbocycles. The summed E-state index contributed by atoms with van der Waals surface area (Å²) in [5.41, 5.74) is 1.83. The average molecular weight is 343 g/mol. The van der Waals surface area contributed by atoms with Crippen molar-refractivity contribution in [2.75, 3.05) is 0 Å². The first-order chi connectivity index (χ1) is 12.6. The molecular weight excluding hydrogens is 322 g/mol. The summed E-state index contributed by atoms with van der Waals surface area (Å²) in [6.07, 6.45) is 0. The molecule has 2 atom stereocenters. The van der Waals surface area contributed by atoms with Crippen LogP contribution in [0.25, 0.3) is 21.7 Å². The van der Waals surface area contributed by atoms with Crippen LogP contribution < -0.4 is 10.9 Å². The van der Waals surface area contributed by atoms with Crippen molar-refractivity contribution in [3.63, 3.8) is 0 Å². The fraction of sp³-hybridized carbons (Fsp3) is 0.182. The van der Waals surface area contributed by atoms with Crippen LogP contribution in [0.1, 0.15) is 37.3 Å². The third kappa shape index (κ3) is 3.11. The van der Waals surface area contributed by atoms with Crippen molar-refractivity contribution in [3.05, 3.63) is 88.5 Å². The van der Waals surface area contributed by atoms with Gasteiger partial charge in [0.1, 0.15) is 5.82 Å². The maximum Gasteiger partial charge on any atom is 0.258 e. The summed E-state index contributed by atoms with van der Waals surface area (Å²) in [5, 5.41) is 6.61. The number of benzene rings is 3. The third-order valence-electron chi connectivity index (χ3n) is 4.81. The number of rotatable bonds is 4. The summed E-state index contributed by atoms with van der Waals surface area (Å²) < 4.78 is 0. The van der Waals surface area contributed by atoms with E-state index in [4.69, 9.17) is 0 Å². The van der Waals surface area contributed by atoms with Crippen LogP contribution in [0.4, 0.5) is 0 Å². The first-order valence-electron chi connectivity index (χ1n) is 8.85.